The molecule has 5 atom stereocenters. The van der Waals surface area contributed by atoms with E-state index in [9.17, 15) is 14.4 Å². The average molecular weight is 777 g/mol. The standard InChI is InChI=1S/C51H52O7/c1-30(2)40-22-17-32-15-18-35(19-16-32)41-23-20-37(36-14-10-13-34(26-36)25-33-11-8-7-9-12-33)27-39(41)29-44(52)55-47-45-43(58-51(5,6)48(47)57-49(40)53)24-21-38-28-42(31(3)4)50(54)56-46(38)45/h7-16,18-21,23-24,26,28,31,37,39,41,47-48H,17,22,25,27,29H2,1-6H3/t37-,39+,41+,47-,48+/m1/s1. The molecule has 3 aliphatic heterocycles. The van der Waals surface area contributed by atoms with Crippen LogP contribution in [0.4, 0.5) is 0 Å². The Hall–Kier alpha value is -5.69. The zero-order valence-corrected chi connectivity index (χ0v) is 34.2. The second-order valence-electron chi connectivity index (χ2n) is 17.3. The third kappa shape index (κ3) is 7.92. The number of esters is 2. The van der Waals surface area contributed by atoms with Crippen LogP contribution in [0.15, 0.2) is 130 Å². The van der Waals surface area contributed by atoms with Crippen LogP contribution in [0.3, 0.4) is 0 Å². The van der Waals surface area contributed by atoms with Crippen molar-refractivity contribution in [1.29, 1.82) is 0 Å². The first-order chi connectivity index (χ1) is 27.8. The van der Waals surface area contributed by atoms with E-state index >= 15 is 0 Å². The molecule has 1 aliphatic carbocycles. The maximum absolute atomic E-state index is 14.6. The maximum atomic E-state index is 14.6. The summed E-state index contributed by atoms with van der Waals surface area (Å²) in [7, 11) is 0. The minimum atomic E-state index is -1.11. The molecule has 2 bridgehead atoms. The van der Waals surface area contributed by atoms with Gasteiger partial charge in [0, 0.05) is 34.8 Å². The van der Waals surface area contributed by atoms with Gasteiger partial charge < -0.3 is 18.6 Å². The van der Waals surface area contributed by atoms with Gasteiger partial charge in [-0.15, -0.1) is 0 Å². The molecule has 0 fully saturated rings. The van der Waals surface area contributed by atoms with Crippen molar-refractivity contribution in [3.8, 4) is 5.75 Å². The van der Waals surface area contributed by atoms with Crippen LogP contribution >= 0.6 is 0 Å². The molecule has 0 amide bonds. The Morgan fingerprint density at radius 2 is 1.55 bits per heavy atom. The fraction of sp³-hybridized carbons (Fsp3) is 0.353. The normalized spacial score (nSPS) is 23.0. The van der Waals surface area contributed by atoms with E-state index < -0.39 is 35.4 Å². The first-order valence-corrected chi connectivity index (χ1v) is 20.6. The van der Waals surface area contributed by atoms with Gasteiger partial charge in [0.2, 0.25) is 0 Å². The van der Waals surface area contributed by atoms with Crippen molar-refractivity contribution >= 4 is 22.9 Å². The number of carbonyl (C=O) groups excluding carboxylic acids is 2. The zero-order valence-electron chi connectivity index (χ0n) is 34.2. The van der Waals surface area contributed by atoms with E-state index in [-0.39, 0.29) is 35.7 Å². The summed E-state index contributed by atoms with van der Waals surface area (Å²) >= 11 is 0. The number of rotatable bonds is 4. The number of benzene rings is 4. The predicted octanol–water partition coefficient (Wildman–Crippen LogP) is 11.0. The van der Waals surface area contributed by atoms with Crippen molar-refractivity contribution in [1.82, 2.24) is 0 Å². The van der Waals surface area contributed by atoms with Gasteiger partial charge in [0.05, 0.1) is 5.56 Å². The van der Waals surface area contributed by atoms with Gasteiger partial charge in [-0.05, 0) is 111 Å². The van der Waals surface area contributed by atoms with Crippen LogP contribution in [0.2, 0.25) is 0 Å². The Bertz CT molecular complexity index is 2460. The van der Waals surface area contributed by atoms with E-state index in [4.69, 9.17) is 18.6 Å². The number of hydrogen-bond donors (Lipinski definition) is 0. The highest BCUT2D eigenvalue weighted by Crippen LogP contribution is 2.48. The van der Waals surface area contributed by atoms with Gasteiger partial charge in [-0.3, -0.25) is 4.79 Å². The van der Waals surface area contributed by atoms with Crippen molar-refractivity contribution < 1.29 is 28.2 Å². The molecule has 7 nitrogen and oxygen atoms in total. The Labute approximate surface area is 340 Å². The molecular weight excluding hydrogens is 725 g/mol. The molecule has 0 saturated heterocycles. The van der Waals surface area contributed by atoms with E-state index in [1.165, 1.54) is 16.7 Å². The fourth-order valence-electron chi connectivity index (χ4n) is 9.04. The van der Waals surface area contributed by atoms with Crippen molar-refractivity contribution in [3.63, 3.8) is 0 Å². The van der Waals surface area contributed by atoms with Gasteiger partial charge in [-0.25, -0.2) is 9.59 Å². The van der Waals surface area contributed by atoms with E-state index in [0.29, 0.717) is 40.7 Å². The third-order valence-corrected chi connectivity index (χ3v) is 12.2. The van der Waals surface area contributed by atoms with Gasteiger partial charge >= 0.3 is 17.6 Å². The predicted molar refractivity (Wildman–Crippen MR) is 226 cm³/mol. The summed E-state index contributed by atoms with van der Waals surface area (Å²) in [5, 5.41) is 0.668. The van der Waals surface area contributed by atoms with Crippen LogP contribution in [0.1, 0.15) is 124 Å². The lowest BCUT2D eigenvalue weighted by Crippen LogP contribution is -2.52. The first-order valence-electron chi connectivity index (χ1n) is 20.6. The maximum Gasteiger partial charge on any atom is 0.339 e. The van der Waals surface area contributed by atoms with Crippen molar-refractivity contribution in [3.05, 3.63) is 170 Å². The Morgan fingerprint density at radius 1 is 0.793 bits per heavy atom. The summed E-state index contributed by atoms with van der Waals surface area (Å²) in [5.74, 6) is -0.590. The SMILES string of the molecule is CC(C)=C1CCc2ccc(cc2)[C@@H]2C=C[C@@H](c3cccc(Cc4ccccc4)c3)C[C@H]2CC(=O)O[C@@H]2c3c(ccc4cc(C(C)C)c(=O)oc34)OC(C)(C)[C@H]2OC1=O. The van der Waals surface area contributed by atoms with Crippen LogP contribution < -0.4 is 10.4 Å². The molecular formula is C51H52O7. The number of hydrogen-bond acceptors (Lipinski definition) is 7. The smallest absolute Gasteiger partial charge is 0.339 e. The molecule has 4 aromatic carbocycles. The molecule has 1 aromatic heterocycles. The van der Waals surface area contributed by atoms with Gasteiger partial charge in [-0.1, -0.05) is 110 Å². The van der Waals surface area contributed by atoms with E-state index in [2.05, 4.69) is 84.9 Å². The van der Waals surface area contributed by atoms with Gasteiger partial charge in [0.1, 0.15) is 16.9 Å². The monoisotopic (exact) mass is 776 g/mol. The molecule has 58 heavy (non-hydrogen) atoms. The quantitative estimate of drug-likeness (QED) is 0.0776. The van der Waals surface area contributed by atoms with Crippen LogP contribution in [0, 0.1) is 5.92 Å². The summed E-state index contributed by atoms with van der Waals surface area (Å²) in [4.78, 5) is 42.2. The van der Waals surface area contributed by atoms with E-state index in [0.717, 1.165) is 29.5 Å². The summed E-state index contributed by atoms with van der Waals surface area (Å²) < 4.78 is 25.6. The molecule has 0 unspecified atom stereocenters. The van der Waals surface area contributed by atoms with Crippen molar-refractivity contribution in [2.24, 2.45) is 5.92 Å². The Balaban J connectivity index is 1.20. The lowest BCUT2D eigenvalue weighted by Gasteiger charge is -2.43. The largest absolute Gasteiger partial charge is 0.483 e. The van der Waals surface area contributed by atoms with Crippen molar-refractivity contribution in [2.75, 3.05) is 0 Å². The third-order valence-electron chi connectivity index (χ3n) is 12.2. The number of ether oxygens (including phenoxy) is 3. The lowest BCUT2D eigenvalue weighted by molar-refractivity contribution is -0.188. The molecule has 7 heteroatoms. The highest BCUT2D eigenvalue weighted by Gasteiger charge is 2.51. The van der Waals surface area contributed by atoms with Gasteiger partial charge in [-0.2, -0.15) is 0 Å². The summed E-state index contributed by atoms with van der Waals surface area (Å²) in [6.07, 6.45) is 5.22. The molecule has 4 heterocycles. The second-order valence-corrected chi connectivity index (χ2v) is 17.3. The minimum absolute atomic E-state index is 0.0213. The van der Waals surface area contributed by atoms with Crippen LogP contribution in [0.25, 0.3) is 11.0 Å². The number of aryl methyl sites for hydroxylation is 1. The fourth-order valence-corrected chi connectivity index (χ4v) is 9.04. The molecule has 0 saturated carbocycles. The minimum Gasteiger partial charge on any atom is -0.483 e. The van der Waals surface area contributed by atoms with Crippen LogP contribution in [0.5, 0.6) is 5.75 Å². The highest BCUT2D eigenvalue weighted by atomic mass is 16.6. The summed E-state index contributed by atoms with van der Waals surface area (Å²) in [5.41, 5.74) is 6.96. The number of allylic oxidation sites excluding steroid dienone is 3. The number of fused-ring (bicyclic) bond motifs is 11. The molecule has 0 N–H and O–H groups in total. The first kappa shape index (κ1) is 39.2. The zero-order chi connectivity index (χ0) is 40.7. The number of carbonyl (C=O) groups is 2. The topological polar surface area (TPSA) is 92.0 Å². The van der Waals surface area contributed by atoms with E-state index in [1.54, 1.807) is 0 Å². The molecule has 9 rings (SSSR count). The summed E-state index contributed by atoms with van der Waals surface area (Å²) in [6, 6.07) is 33.3. The van der Waals surface area contributed by atoms with Crippen molar-refractivity contribution in [2.45, 2.75) is 109 Å². The molecule has 0 spiro atoms. The van der Waals surface area contributed by atoms with E-state index in [1.807, 2.05) is 65.8 Å². The highest BCUT2D eigenvalue weighted by molar-refractivity contribution is 5.90. The van der Waals surface area contributed by atoms with Crippen LogP contribution in [-0.4, -0.2) is 23.6 Å². The summed E-state index contributed by atoms with van der Waals surface area (Å²) in [6.45, 7) is 11.4. The molecule has 298 valence electrons. The second kappa shape index (κ2) is 15.9. The van der Waals surface area contributed by atoms with Gasteiger partial charge in [0.25, 0.3) is 0 Å². The average Bonchev–Trinajstić information content (AvgIpc) is 3.19. The Kier molecular flexibility index (Phi) is 10.7. The molecule has 5 aromatic rings. The lowest BCUT2D eigenvalue weighted by atomic mass is 9.72. The van der Waals surface area contributed by atoms with Crippen LogP contribution in [-0.2, 0) is 31.9 Å². The molecule has 0 radical (unpaired) electrons. The Morgan fingerprint density at radius 3 is 2.29 bits per heavy atom. The molecule has 4 aliphatic rings. The van der Waals surface area contributed by atoms with Gasteiger partial charge in [0.15, 0.2) is 12.2 Å².